The molecule has 47 heavy (non-hydrogen) atoms. The molecule has 6 rings (SSSR count). The average Bonchev–Trinajstić information content (AvgIpc) is 3.41. The van der Waals surface area contributed by atoms with Gasteiger partial charge in [0.2, 0.25) is 0 Å². The maximum atomic E-state index is 14.2. The molecule has 10 heteroatoms. The standard InChI is InChI=1S/C37H31ClN2O6S/c1-4-45-36(42)32-33(24-11-6-5-7-12-24)39-37-40(34(32)25-14-10-15-27(21-25)43-2)35(41)31(47-37)20-23-17-18-29(30(19-23)44-3)46-22-26-13-8-9-16-28(26)38/h5-21,34H,4,22H2,1-3H3/b31-20-/t34-/m0/s1. The minimum absolute atomic E-state index is 0.166. The van der Waals surface area contributed by atoms with Crippen molar-refractivity contribution in [2.75, 3.05) is 20.8 Å². The van der Waals surface area contributed by atoms with Crippen molar-refractivity contribution in [1.29, 1.82) is 0 Å². The Balaban J connectivity index is 1.48. The summed E-state index contributed by atoms with van der Waals surface area (Å²) in [6.45, 7) is 2.18. The molecule has 5 aromatic rings. The number of methoxy groups -OCH3 is 2. The van der Waals surface area contributed by atoms with E-state index >= 15 is 0 Å². The molecule has 0 saturated carbocycles. The van der Waals surface area contributed by atoms with Crippen LogP contribution < -0.4 is 29.1 Å². The molecule has 238 valence electrons. The molecule has 8 nitrogen and oxygen atoms in total. The predicted molar refractivity (Wildman–Crippen MR) is 183 cm³/mol. The minimum atomic E-state index is -0.812. The molecule has 0 amide bonds. The third kappa shape index (κ3) is 6.58. The number of ether oxygens (including phenoxy) is 4. The fourth-order valence-corrected chi connectivity index (χ4v) is 6.57. The van der Waals surface area contributed by atoms with E-state index in [2.05, 4.69) is 0 Å². The number of nitrogens with zero attached hydrogens (tertiary/aromatic N) is 2. The maximum Gasteiger partial charge on any atom is 0.338 e. The molecule has 0 unspecified atom stereocenters. The van der Waals surface area contributed by atoms with Gasteiger partial charge in [-0.1, -0.05) is 89.7 Å². The summed E-state index contributed by atoms with van der Waals surface area (Å²) >= 11 is 7.54. The van der Waals surface area contributed by atoms with Gasteiger partial charge in [-0.05, 0) is 54.5 Å². The summed E-state index contributed by atoms with van der Waals surface area (Å²) in [5.41, 5.74) is 3.42. The van der Waals surface area contributed by atoms with Gasteiger partial charge in [0, 0.05) is 16.1 Å². The molecule has 0 spiro atoms. The molecule has 0 fully saturated rings. The number of carbonyl (C=O) groups is 1. The third-order valence-corrected chi connectivity index (χ3v) is 8.96. The highest BCUT2D eigenvalue weighted by Crippen LogP contribution is 2.36. The SMILES string of the molecule is CCOC(=O)C1=C(c2ccccc2)N=c2s/c(=C\c3ccc(OCc4ccccc4Cl)c(OC)c3)c(=O)n2[C@H]1c1cccc(OC)c1. The highest BCUT2D eigenvalue weighted by molar-refractivity contribution is 7.07. The number of halogens is 1. The zero-order valence-electron chi connectivity index (χ0n) is 25.9. The Kier molecular flexibility index (Phi) is 9.56. The molecule has 0 N–H and O–H groups in total. The van der Waals surface area contributed by atoms with Gasteiger partial charge in [-0.25, -0.2) is 9.79 Å². The molecule has 0 radical (unpaired) electrons. The molecule has 0 bridgehead atoms. The van der Waals surface area contributed by atoms with Crippen LogP contribution in [0.5, 0.6) is 17.2 Å². The van der Waals surface area contributed by atoms with Gasteiger partial charge in [-0.3, -0.25) is 9.36 Å². The monoisotopic (exact) mass is 666 g/mol. The number of benzene rings is 4. The van der Waals surface area contributed by atoms with Gasteiger partial charge >= 0.3 is 5.97 Å². The summed E-state index contributed by atoms with van der Waals surface area (Å²) < 4.78 is 24.7. The molecule has 4 aromatic carbocycles. The number of aromatic nitrogens is 1. The topological polar surface area (TPSA) is 88.4 Å². The van der Waals surface area contributed by atoms with Gasteiger partial charge in [-0.15, -0.1) is 0 Å². The zero-order chi connectivity index (χ0) is 32.9. The van der Waals surface area contributed by atoms with Gasteiger partial charge in [0.15, 0.2) is 16.3 Å². The number of hydrogen-bond donors (Lipinski definition) is 0. The van der Waals surface area contributed by atoms with Crippen LogP contribution in [0.4, 0.5) is 0 Å². The van der Waals surface area contributed by atoms with Crippen LogP contribution >= 0.6 is 22.9 Å². The summed E-state index contributed by atoms with van der Waals surface area (Å²) in [7, 11) is 3.13. The Morgan fingerprint density at radius 3 is 2.47 bits per heavy atom. The van der Waals surface area contributed by atoms with Crippen molar-refractivity contribution in [3.8, 4) is 17.2 Å². The number of hydrogen-bond acceptors (Lipinski definition) is 8. The van der Waals surface area contributed by atoms with Crippen molar-refractivity contribution < 1.29 is 23.7 Å². The molecular formula is C37H31ClN2O6S. The van der Waals surface area contributed by atoms with Crippen molar-refractivity contribution in [3.05, 3.63) is 150 Å². The molecule has 0 aliphatic carbocycles. The Bertz CT molecular complexity index is 2160. The van der Waals surface area contributed by atoms with Crippen molar-refractivity contribution in [2.24, 2.45) is 4.99 Å². The predicted octanol–water partition coefficient (Wildman–Crippen LogP) is 6.19. The second kappa shape index (κ2) is 14.1. The van der Waals surface area contributed by atoms with Crippen molar-refractivity contribution in [3.63, 3.8) is 0 Å². The molecule has 1 aliphatic heterocycles. The quantitative estimate of drug-likeness (QED) is 0.165. The van der Waals surface area contributed by atoms with Gasteiger partial charge in [-0.2, -0.15) is 0 Å². The molecule has 1 aliphatic rings. The van der Waals surface area contributed by atoms with Crippen LogP contribution in [0.3, 0.4) is 0 Å². The number of carbonyl (C=O) groups excluding carboxylic acids is 1. The number of fused-ring (bicyclic) bond motifs is 1. The first-order chi connectivity index (χ1) is 22.9. The van der Waals surface area contributed by atoms with Crippen LogP contribution in [0, 0.1) is 0 Å². The first kappa shape index (κ1) is 31.8. The van der Waals surface area contributed by atoms with Crippen LogP contribution in [-0.2, 0) is 16.1 Å². The summed E-state index contributed by atoms with van der Waals surface area (Å²) in [6, 6.07) is 28.9. The van der Waals surface area contributed by atoms with E-state index < -0.39 is 12.0 Å². The maximum absolute atomic E-state index is 14.2. The van der Waals surface area contributed by atoms with Crippen LogP contribution in [0.15, 0.2) is 112 Å². The van der Waals surface area contributed by atoms with E-state index in [0.717, 1.165) is 16.7 Å². The van der Waals surface area contributed by atoms with Crippen LogP contribution in [-0.4, -0.2) is 31.4 Å². The molecule has 1 aromatic heterocycles. The third-order valence-electron chi connectivity index (χ3n) is 7.61. The van der Waals surface area contributed by atoms with Gasteiger partial charge in [0.1, 0.15) is 12.4 Å². The van der Waals surface area contributed by atoms with E-state index in [1.54, 1.807) is 43.9 Å². The van der Waals surface area contributed by atoms with Gasteiger partial charge in [0.25, 0.3) is 5.56 Å². The molecule has 1 atom stereocenters. The van der Waals surface area contributed by atoms with E-state index in [1.807, 2.05) is 84.9 Å². The lowest BCUT2D eigenvalue weighted by atomic mass is 9.93. The summed E-state index contributed by atoms with van der Waals surface area (Å²) in [5, 5.41) is 0.618. The second-order valence-corrected chi connectivity index (χ2v) is 11.9. The van der Waals surface area contributed by atoms with Crippen LogP contribution in [0.2, 0.25) is 5.02 Å². The lowest BCUT2D eigenvalue weighted by Gasteiger charge is -2.26. The first-order valence-electron chi connectivity index (χ1n) is 14.9. The van der Waals surface area contributed by atoms with Crippen molar-refractivity contribution in [1.82, 2.24) is 4.57 Å². The average molecular weight is 667 g/mol. The number of rotatable bonds is 10. The lowest BCUT2D eigenvalue weighted by Crippen LogP contribution is -2.40. The van der Waals surface area contributed by atoms with Crippen LogP contribution in [0.25, 0.3) is 11.8 Å². The summed E-state index contributed by atoms with van der Waals surface area (Å²) in [5.74, 6) is 1.09. The summed E-state index contributed by atoms with van der Waals surface area (Å²) in [6.07, 6.45) is 1.78. The Hall–Kier alpha value is -5.12. The lowest BCUT2D eigenvalue weighted by molar-refractivity contribution is -0.138. The van der Waals surface area contributed by atoms with E-state index in [-0.39, 0.29) is 24.3 Å². The Morgan fingerprint density at radius 1 is 0.936 bits per heavy atom. The van der Waals surface area contributed by atoms with Gasteiger partial charge in [0.05, 0.1) is 42.7 Å². The van der Waals surface area contributed by atoms with Crippen molar-refractivity contribution in [2.45, 2.75) is 19.6 Å². The molecule has 0 saturated heterocycles. The fourth-order valence-electron chi connectivity index (χ4n) is 5.38. The fraction of sp³-hybridized carbons (Fsp3) is 0.162. The number of esters is 1. The highest BCUT2D eigenvalue weighted by Gasteiger charge is 2.35. The Morgan fingerprint density at radius 2 is 1.72 bits per heavy atom. The molecular weight excluding hydrogens is 636 g/mol. The van der Waals surface area contributed by atoms with E-state index in [0.29, 0.717) is 42.9 Å². The summed E-state index contributed by atoms with van der Waals surface area (Å²) in [4.78, 5) is 33.3. The first-order valence-corrected chi connectivity index (χ1v) is 16.1. The zero-order valence-corrected chi connectivity index (χ0v) is 27.5. The van der Waals surface area contributed by atoms with Crippen LogP contribution in [0.1, 0.15) is 35.2 Å². The molecule has 2 heterocycles. The van der Waals surface area contributed by atoms with E-state index in [1.165, 1.54) is 11.3 Å². The Labute approximate surface area is 280 Å². The smallest absolute Gasteiger partial charge is 0.338 e. The number of thiazole rings is 1. The van der Waals surface area contributed by atoms with E-state index in [9.17, 15) is 9.59 Å². The van der Waals surface area contributed by atoms with E-state index in [4.69, 9.17) is 35.5 Å². The minimum Gasteiger partial charge on any atom is -0.497 e. The normalized spacial score (nSPS) is 14.3. The largest absolute Gasteiger partial charge is 0.497 e. The second-order valence-electron chi connectivity index (χ2n) is 10.5. The van der Waals surface area contributed by atoms with Gasteiger partial charge < -0.3 is 18.9 Å². The van der Waals surface area contributed by atoms with Crippen molar-refractivity contribution >= 4 is 40.7 Å². The highest BCUT2D eigenvalue weighted by atomic mass is 35.5.